The summed E-state index contributed by atoms with van der Waals surface area (Å²) in [5.74, 6) is -0.949. The Bertz CT molecular complexity index is 907. The Hall–Kier alpha value is -2.40. The van der Waals surface area contributed by atoms with E-state index in [1.807, 2.05) is 12.1 Å². The third-order valence-electron chi connectivity index (χ3n) is 5.36. The summed E-state index contributed by atoms with van der Waals surface area (Å²) in [7, 11) is 0. The lowest BCUT2D eigenvalue weighted by molar-refractivity contribution is -0.131. The first-order valence-electron chi connectivity index (χ1n) is 9.78. The van der Waals surface area contributed by atoms with Crippen LogP contribution in [0.1, 0.15) is 50.9 Å². The molecule has 2 N–H and O–H groups in total. The topological polar surface area (TPSA) is 56.3 Å². The zero-order chi connectivity index (χ0) is 20.5. The molecule has 0 radical (unpaired) electrons. The van der Waals surface area contributed by atoms with Gasteiger partial charge < -0.3 is 10.1 Å². The van der Waals surface area contributed by atoms with Crippen molar-refractivity contribution >= 4 is 16.9 Å². The first kappa shape index (κ1) is 20.3. The Morgan fingerprint density at radius 2 is 2.14 bits per heavy atom. The van der Waals surface area contributed by atoms with Crippen molar-refractivity contribution in [1.29, 1.82) is 0 Å². The number of allylic oxidation sites excluding steroid dienone is 1. The summed E-state index contributed by atoms with van der Waals surface area (Å²) in [6.07, 6.45) is 4.92. The van der Waals surface area contributed by atoms with Crippen molar-refractivity contribution in [3.63, 3.8) is 0 Å². The molecule has 2 atom stereocenters. The molecule has 0 spiro atoms. The maximum atomic E-state index is 14.6. The lowest BCUT2D eigenvalue weighted by Crippen LogP contribution is -2.47. The van der Waals surface area contributed by atoms with E-state index in [0.717, 1.165) is 29.3 Å². The van der Waals surface area contributed by atoms with Gasteiger partial charge in [-0.1, -0.05) is 36.4 Å². The molecular formula is C23H29FN2O2. The summed E-state index contributed by atoms with van der Waals surface area (Å²) in [5, 5.41) is 9.99. The number of H-pyrrole nitrogens is 1. The summed E-state index contributed by atoms with van der Waals surface area (Å²) in [4.78, 5) is 16.4. The van der Waals surface area contributed by atoms with Crippen LogP contribution in [-0.4, -0.2) is 39.2 Å². The van der Waals surface area contributed by atoms with Crippen molar-refractivity contribution < 1.29 is 14.3 Å². The second-order valence-electron chi connectivity index (χ2n) is 8.35. The number of para-hydroxylation sites is 1. The smallest absolute Gasteiger partial charge is 0.327 e. The van der Waals surface area contributed by atoms with Crippen LogP contribution in [0.15, 0.2) is 48.6 Å². The van der Waals surface area contributed by atoms with Crippen LogP contribution in [0.2, 0.25) is 0 Å². The number of carboxylic acids is 1. The Balaban J connectivity index is 1.97. The number of benzene rings is 1. The number of aliphatic carboxylic acids is 1. The molecule has 2 aromatic rings. The van der Waals surface area contributed by atoms with E-state index < -0.39 is 11.6 Å². The van der Waals surface area contributed by atoms with Crippen LogP contribution in [0.25, 0.3) is 10.9 Å². The fraction of sp³-hybridized carbons (Fsp3) is 0.435. The number of nitrogens with zero attached hydrogens (tertiary/aromatic N) is 1. The van der Waals surface area contributed by atoms with E-state index in [4.69, 9.17) is 5.11 Å². The van der Waals surface area contributed by atoms with Gasteiger partial charge in [-0.25, -0.2) is 9.18 Å². The number of hydrogen-bond acceptors (Lipinski definition) is 2. The van der Waals surface area contributed by atoms with E-state index in [1.54, 1.807) is 19.9 Å². The average molecular weight is 384 g/mol. The number of alkyl halides is 1. The third kappa shape index (κ3) is 4.36. The lowest BCUT2D eigenvalue weighted by Gasteiger charge is -2.43. The second kappa shape index (κ2) is 7.92. The van der Waals surface area contributed by atoms with Gasteiger partial charge in [-0.3, -0.25) is 4.90 Å². The summed E-state index contributed by atoms with van der Waals surface area (Å²) in [6, 6.07) is 8.31. The molecule has 1 aromatic carbocycles. The van der Waals surface area contributed by atoms with Crippen LogP contribution in [0.4, 0.5) is 4.39 Å². The Morgan fingerprint density at radius 3 is 2.82 bits per heavy atom. The first-order valence-corrected chi connectivity index (χ1v) is 9.78. The Kier molecular flexibility index (Phi) is 5.75. The van der Waals surface area contributed by atoms with Crippen molar-refractivity contribution in [2.45, 2.75) is 57.8 Å². The average Bonchev–Trinajstić information content (AvgIpc) is 2.96. The fourth-order valence-corrected chi connectivity index (χ4v) is 4.22. The molecule has 0 saturated carbocycles. The molecule has 28 heavy (non-hydrogen) atoms. The zero-order valence-electron chi connectivity index (χ0n) is 16.8. The first-order chi connectivity index (χ1) is 13.2. The molecule has 1 aliphatic rings. The molecule has 1 aromatic heterocycles. The standard InChI is InChI=1S/C23H29FN2O2/c1-15(9-5-8-12-20(27)28)22-21-18(17-10-6-7-11-19(17)25-21)13-16(2)26(22)14-23(3,4)24/h6-8,10-12,16,22,25H,1,5,9,13-14H2,2-4H3,(H,27,28)/b12-8+/t16-,22-/m1/s1. The molecule has 0 aliphatic carbocycles. The SMILES string of the molecule is C=C(CC/C=C/C(=O)O)[C@@H]1c2[nH]c3ccccc3c2C[C@@H](C)N1CC(C)(C)F. The van der Waals surface area contributed by atoms with E-state index in [9.17, 15) is 9.18 Å². The number of halogens is 1. The van der Waals surface area contributed by atoms with Crippen LogP contribution < -0.4 is 0 Å². The summed E-state index contributed by atoms with van der Waals surface area (Å²) in [5.41, 5.74) is 3.11. The van der Waals surface area contributed by atoms with E-state index in [0.29, 0.717) is 19.4 Å². The molecular weight excluding hydrogens is 355 g/mol. The van der Waals surface area contributed by atoms with Crippen LogP contribution in [0, 0.1) is 0 Å². The third-order valence-corrected chi connectivity index (χ3v) is 5.36. The van der Waals surface area contributed by atoms with Crippen molar-refractivity contribution in [3.8, 4) is 0 Å². The van der Waals surface area contributed by atoms with Gasteiger partial charge in [-0.2, -0.15) is 0 Å². The second-order valence-corrected chi connectivity index (χ2v) is 8.35. The zero-order valence-corrected chi connectivity index (χ0v) is 16.8. The molecule has 2 heterocycles. The van der Waals surface area contributed by atoms with Crippen molar-refractivity contribution in [3.05, 3.63) is 59.8 Å². The molecule has 1 aliphatic heterocycles. The summed E-state index contributed by atoms with van der Waals surface area (Å²) >= 11 is 0. The minimum absolute atomic E-state index is 0.112. The molecule has 0 unspecified atom stereocenters. The quantitative estimate of drug-likeness (QED) is 0.511. The predicted molar refractivity (Wildman–Crippen MR) is 111 cm³/mol. The number of nitrogens with one attached hydrogen (secondary N) is 1. The van der Waals surface area contributed by atoms with Gasteiger partial charge in [0.2, 0.25) is 0 Å². The molecule has 3 rings (SSSR count). The van der Waals surface area contributed by atoms with Gasteiger partial charge in [0.15, 0.2) is 0 Å². The highest BCUT2D eigenvalue weighted by molar-refractivity contribution is 5.85. The van der Waals surface area contributed by atoms with Gasteiger partial charge in [0.25, 0.3) is 0 Å². The van der Waals surface area contributed by atoms with Gasteiger partial charge in [-0.05, 0) is 51.7 Å². The largest absolute Gasteiger partial charge is 0.478 e. The number of aromatic amines is 1. The highest BCUT2D eigenvalue weighted by Gasteiger charge is 2.38. The number of carboxylic acid groups (broad SMARTS) is 1. The highest BCUT2D eigenvalue weighted by Crippen LogP contribution is 2.42. The molecule has 0 saturated heterocycles. The summed E-state index contributed by atoms with van der Waals surface area (Å²) in [6.45, 7) is 9.98. The maximum absolute atomic E-state index is 14.6. The predicted octanol–water partition coefficient (Wildman–Crippen LogP) is 5.18. The molecule has 150 valence electrons. The van der Waals surface area contributed by atoms with Crippen LogP contribution in [-0.2, 0) is 11.2 Å². The molecule has 0 amide bonds. The van der Waals surface area contributed by atoms with Gasteiger partial charge in [0.05, 0.1) is 6.04 Å². The number of rotatable bonds is 7. The molecule has 0 fully saturated rings. The maximum Gasteiger partial charge on any atom is 0.327 e. The van der Waals surface area contributed by atoms with Crippen molar-refractivity contribution in [2.24, 2.45) is 0 Å². The lowest BCUT2D eigenvalue weighted by atomic mass is 9.86. The molecule has 5 heteroatoms. The van der Waals surface area contributed by atoms with Crippen molar-refractivity contribution in [2.75, 3.05) is 6.54 Å². The van der Waals surface area contributed by atoms with E-state index in [2.05, 4.69) is 35.5 Å². The number of fused-ring (bicyclic) bond motifs is 3. The van der Waals surface area contributed by atoms with Crippen LogP contribution >= 0.6 is 0 Å². The highest BCUT2D eigenvalue weighted by atomic mass is 19.1. The van der Waals surface area contributed by atoms with E-state index in [1.165, 1.54) is 10.9 Å². The molecule has 0 bridgehead atoms. The normalized spacial score (nSPS) is 20.6. The number of hydrogen-bond donors (Lipinski definition) is 2. The minimum atomic E-state index is -1.32. The Morgan fingerprint density at radius 1 is 1.43 bits per heavy atom. The van der Waals surface area contributed by atoms with Gasteiger partial charge >= 0.3 is 5.97 Å². The monoisotopic (exact) mass is 384 g/mol. The Labute approximate surface area is 165 Å². The van der Waals surface area contributed by atoms with Crippen LogP contribution in [0.5, 0.6) is 0 Å². The minimum Gasteiger partial charge on any atom is -0.478 e. The number of carbonyl (C=O) groups is 1. The molecule has 4 nitrogen and oxygen atoms in total. The van der Waals surface area contributed by atoms with Gasteiger partial charge in [0, 0.05) is 35.3 Å². The van der Waals surface area contributed by atoms with Crippen LogP contribution in [0.3, 0.4) is 0 Å². The van der Waals surface area contributed by atoms with Gasteiger partial charge in [0.1, 0.15) is 5.67 Å². The fourth-order valence-electron chi connectivity index (χ4n) is 4.22. The summed E-state index contributed by atoms with van der Waals surface area (Å²) < 4.78 is 14.6. The van der Waals surface area contributed by atoms with Crippen molar-refractivity contribution in [1.82, 2.24) is 9.88 Å². The number of aromatic nitrogens is 1. The van der Waals surface area contributed by atoms with E-state index >= 15 is 0 Å². The van der Waals surface area contributed by atoms with Gasteiger partial charge in [-0.15, -0.1) is 0 Å². The van der Waals surface area contributed by atoms with E-state index in [-0.39, 0.29) is 12.1 Å².